The first-order valence-corrected chi connectivity index (χ1v) is 14.4. The van der Waals surface area contributed by atoms with E-state index in [0.29, 0.717) is 5.75 Å². The van der Waals surface area contributed by atoms with Crippen LogP contribution in [0.4, 0.5) is 0 Å². The lowest BCUT2D eigenvalue weighted by atomic mass is 9.79. The molecule has 2 aromatic rings. The van der Waals surface area contributed by atoms with Crippen molar-refractivity contribution in [1.82, 2.24) is 0 Å². The van der Waals surface area contributed by atoms with E-state index in [1.54, 1.807) is 4.50 Å². The second kappa shape index (κ2) is 7.37. The molecule has 0 amide bonds. The third-order valence-electron chi connectivity index (χ3n) is 4.70. The van der Waals surface area contributed by atoms with Crippen molar-refractivity contribution in [2.45, 2.75) is 77.3 Å². The number of phenolic OH excluding ortho intramolecular Hbond substituents is 1. The van der Waals surface area contributed by atoms with E-state index in [9.17, 15) is 5.11 Å². The molecule has 1 N–H and O–H groups in total. The fourth-order valence-corrected chi connectivity index (χ4v) is 9.27. The number of benzene rings is 1. The summed E-state index contributed by atoms with van der Waals surface area (Å²) in [6, 6.07) is 6.79. The van der Waals surface area contributed by atoms with Crippen LogP contribution in [-0.2, 0) is 10.8 Å². The van der Waals surface area contributed by atoms with E-state index in [1.807, 2.05) is 23.1 Å². The van der Waals surface area contributed by atoms with Gasteiger partial charge in [-0.05, 0) is 56.8 Å². The van der Waals surface area contributed by atoms with Crippen LogP contribution in [0.3, 0.4) is 0 Å². The van der Waals surface area contributed by atoms with E-state index in [2.05, 4.69) is 85.1 Å². The van der Waals surface area contributed by atoms with Crippen LogP contribution in [0.25, 0.3) is 0 Å². The molecular formula is C22H34OS2Si. The molecule has 2 rings (SSSR count). The molecule has 0 fully saturated rings. The number of aromatic hydroxyl groups is 1. The van der Waals surface area contributed by atoms with E-state index < -0.39 is 8.07 Å². The highest BCUT2D eigenvalue weighted by Gasteiger charge is 2.29. The third-order valence-corrected chi connectivity index (χ3v) is 13.1. The Kier molecular flexibility index (Phi) is 6.11. The number of hydrogen-bond acceptors (Lipinski definition) is 3. The summed E-state index contributed by atoms with van der Waals surface area (Å²) in [5.41, 5.74) is 3.35. The summed E-state index contributed by atoms with van der Waals surface area (Å²) in [5.74, 6) is 0.472. The zero-order valence-electron chi connectivity index (χ0n) is 17.8. The predicted octanol–water partition coefficient (Wildman–Crippen LogP) is 6.60. The first-order chi connectivity index (χ1) is 11.7. The van der Waals surface area contributed by atoms with E-state index in [4.69, 9.17) is 0 Å². The molecule has 1 nitrogen and oxygen atoms in total. The molecule has 0 saturated carbocycles. The van der Waals surface area contributed by atoms with Gasteiger partial charge in [0.25, 0.3) is 0 Å². The van der Waals surface area contributed by atoms with E-state index in [1.165, 1.54) is 10.5 Å². The van der Waals surface area contributed by atoms with Crippen LogP contribution in [0.1, 0.15) is 58.2 Å². The summed E-state index contributed by atoms with van der Waals surface area (Å²) in [7, 11) is -1.46. The molecule has 4 heteroatoms. The summed E-state index contributed by atoms with van der Waals surface area (Å²) in [5, 5.41) is 14.3. The van der Waals surface area contributed by atoms with E-state index >= 15 is 0 Å². The number of phenols is 1. The first-order valence-electron chi connectivity index (χ1n) is 9.28. The molecule has 1 heterocycles. The van der Waals surface area contributed by atoms with Gasteiger partial charge in [-0.2, -0.15) is 11.3 Å². The maximum atomic E-state index is 10.9. The minimum atomic E-state index is -1.46. The van der Waals surface area contributed by atoms with Crippen molar-refractivity contribution in [3.8, 4) is 5.75 Å². The van der Waals surface area contributed by atoms with Crippen LogP contribution in [0.5, 0.6) is 5.75 Å². The SMILES string of the molecule is Cc1csc([Si](C)(C)CSc2cc(C(C)(C)C)c(O)c(C(C)(C)C)c2)c1. The average Bonchev–Trinajstić information content (AvgIpc) is 2.91. The van der Waals surface area contributed by atoms with Crippen molar-refractivity contribution in [2.24, 2.45) is 0 Å². The molecular weight excluding hydrogens is 372 g/mol. The zero-order valence-corrected chi connectivity index (χ0v) is 20.4. The van der Waals surface area contributed by atoms with Crippen molar-refractivity contribution in [2.75, 3.05) is 5.38 Å². The van der Waals surface area contributed by atoms with Crippen molar-refractivity contribution in [3.05, 3.63) is 40.3 Å². The fraction of sp³-hybridized carbons (Fsp3) is 0.545. The smallest absolute Gasteiger partial charge is 0.123 e. The summed E-state index contributed by atoms with van der Waals surface area (Å²) in [4.78, 5) is 1.28. The molecule has 26 heavy (non-hydrogen) atoms. The van der Waals surface area contributed by atoms with Gasteiger partial charge in [-0.25, -0.2) is 0 Å². The van der Waals surface area contributed by atoms with Crippen molar-refractivity contribution in [1.29, 1.82) is 0 Å². The van der Waals surface area contributed by atoms with Crippen molar-refractivity contribution >= 4 is 35.7 Å². The lowest BCUT2D eigenvalue weighted by molar-refractivity contribution is 0.422. The van der Waals surface area contributed by atoms with Gasteiger partial charge in [0.05, 0.1) is 0 Å². The maximum absolute atomic E-state index is 10.9. The Bertz CT molecular complexity index is 741. The quantitative estimate of drug-likeness (QED) is 0.455. The maximum Gasteiger partial charge on any atom is 0.123 e. The molecule has 0 saturated heterocycles. The number of thiophene rings is 1. The van der Waals surface area contributed by atoms with Crippen molar-refractivity contribution in [3.63, 3.8) is 0 Å². The Morgan fingerprint density at radius 3 is 1.85 bits per heavy atom. The normalized spacial score (nSPS) is 13.3. The Hall–Kier alpha value is -0.713. The Labute approximate surface area is 169 Å². The minimum absolute atomic E-state index is 0.0710. The molecule has 0 aliphatic carbocycles. The van der Waals surface area contributed by atoms with Gasteiger partial charge >= 0.3 is 0 Å². The third kappa shape index (κ3) is 4.96. The topological polar surface area (TPSA) is 20.2 Å². The Morgan fingerprint density at radius 1 is 0.962 bits per heavy atom. The zero-order chi connectivity index (χ0) is 19.9. The molecule has 0 atom stereocenters. The second-order valence-electron chi connectivity index (χ2n) is 10.0. The molecule has 0 unspecified atom stereocenters. The van der Waals surface area contributed by atoms with E-state index in [0.717, 1.165) is 16.5 Å². The van der Waals surface area contributed by atoms with Crippen LogP contribution >= 0.6 is 23.1 Å². The van der Waals surface area contributed by atoms with Gasteiger partial charge in [-0.1, -0.05) is 54.6 Å². The number of thioether (sulfide) groups is 1. The lowest BCUT2D eigenvalue weighted by Crippen LogP contribution is -2.42. The van der Waals surface area contributed by atoms with Crippen LogP contribution < -0.4 is 4.50 Å². The molecule has 0 aliphatic heterocycles. The fourth-order valence-electron chi connectivity index (χ4n) is 2.96. The predicted molar refractivity (Wildman–Crippen MR) is 122 cm³/mol. The largest absolute Gasteiger partial charge is 0.507 e. The van der Waals surface area contributed by atoms with Crippen LogP contribution in [0, 0.1) is 6.92 Å². The second-order valence-corrected chi connectivity index (χ2v) is 17.5. The highest BCUT2D eigenvalue weighted by molar-refractivity contribution is 8.01. The van der Waals surface area contributed by atoms with Crippen LogP contribution in [0.15, 0.2) is 28.5 Å². The summed E-state index contributed by atoms with van der Waals surface area (Å²) in [6.07, 6.45) is 0. The highest BCUT2D eigenvalue weighted by atomic mass is 32.2. The van der Waals surface area contributed by atoms with Crippen LogP contribution in [0.2, 0.25) is 13.1 Å². The standard InChI is InChI=1S/C22H34OS2Si/c1-15-10-19(24-13-15)26(8,9)14-25-16-11-17(21(2,3)4)20(23)18(12-16)22(5,6)7/h10-13,23H,14H2,1-9H3. The van der Waals surface area contributed by atoms with Crippen LogP contribution in [-0.4, -0.2) is 18.6 Å². The monoisotopic (exact) mass is 406 g/mol. The van der Waals surface area contributed by atoms with E-state index in [-0.39, 0.29) is 10.8 Å². The van der Waals surface area contributed by atoms with Gasteiger partial charge in [0.1, 0.15) is 13.8 Å². The van der Waals surface area contributed by atoms with Gasteiger partial charge in [0.2, 0.25) is 0 Å². The van der Waals surface area contributed by atoms with Gasteiger partial charge < -0.3 is 5.11 Å². The Balaban J connectivity index is 2.37. The van der Waals surface area contributed by atoms with Crippen molar-refractivity contribution < 1.29 is 5.11 Å². The highest BCUT2D eigenvalue weighted by Crippen LogP contribution is 2.42. The molecule has 0 bridgehead atoms. The lowest BCUT2D eigenvalue weighted by Gasteiger charge is -2.28. The summed E-state index contributed by atoms with van der Waals surface area (Å²) in [6.45, 7) is 20.2. The minimum Gasteiger partial charge on any atom is -0.507 e. The summed E-state index contributed by atoms with van der Waals surface area (Å²) < 4.78 is 1.58. The number of aryl methyl sites for hydroxylation is 1. The molecule has 0 spiro atoms. The molecule has 0 aliphatic rings. The number of rotatable bonds is 4. The van der Waals surface area contributed by atoms with Gasteiger partial charge in [0, 0.05) is 16.0 Å². The van der Waals surface area contributed by atoms with Gasteiger partial charge in [-0.15, -0.1) is 11.8 Å². The molecule has 0 radical (unpaired) electrons. The van der Waals surface area contributed by atoms with Gasteiger partial charge in [-0.3, -0.25) is 0 Å². The summed E-state index contributed by atoms with van der Waals surface area (Å²) >= 11 is 3.88. The number of hydrogen-bond donors (Lipinski definition) is 1. The molecule has 1 aromatic carbocycles. The first kappa shape index (κ1) is 21.6. The molecule has 1 aromatic heterocycles. The Morgan fingerprint density at radius 2 is 1.46 bits per heavy atom. The van der Waals surface area contributed by atoms with Gasteiger partial charge in [0.15, 0.2) is 0 Å². The molecule has 144 valence electrons. The average molecular weight is 407 g/mol.